The van der Waals surface area contributed by atoms with Crippen molar-refractivity contribution in [2.75, 3.05) is 0 Å². The number of aliphatic hydroxyl groups is 1. The lowest BCUT2D eigenvalue weighted by Crippen LogP contribution is -2.31. The molecule has 2 rings (SSSR count). The Kier molecular flexibility index (Phi) is 2.04. The van der Waals surface area contributed by atoms with Crippen molar-refractivity contribution in [3.63, 3.8) is 0 Å². The lowest BCUT2D eigenvalue weighted by Gasteiger charge is -2.27. The minimum Gasteiger partial charge on any atom is -0.477 e. The van der Waals surface area contributed by atoms with Gasteiger partial charge in [-0.15, -0.1) is 0 Å². The number of carboxylic acids is 1. The minimum atomic E-state index is -3.19. The smallest absolute Gasteiger partial charge is 0.352 e. The van der Waals surface area contributed by atoms with E-state index in [2.05, 4.69) is 4.98 Å². The first-order chi connectivity index (χ1) is 6.92. The molecule has 6 heteroatoms. The molecular formula is C9H9F2NO3. The predicted octanol–water partition coefficient (Wildman–Crippen LogP) is 1.33. The average Bonchev–Trinajstić information content (AvgIpc) is 2.56. The summed E-state index contributed by atoms with van der Waals surface area (Å²) in [6.45, 7) is 0. The van der Waals surface area contributed by atoms with Crippen LogP contribution in [-0.4, -0.2) is 27.1 Å². The highest BCUT2D eigenvalue weighted by Gasteiger charge is 2.44. The molecule has 0 bridgehead atoms. The fourth-order valence-electron chi connectivity index (χ4n) is 1.73. The summed E-state index contributed by atoms with van der Waals surface area (Å²) < 4.78 is 26.1. The van der Waals surface area contributed by atoms with E-state index in [0.29, 0.717) is 5.56 Å². The summed E-state index contributed by atoms with van der Waals surface area (Å²) in [7, 11) is 0. The third kappa shape index (κ3) is 1.50. The van der Waals surface area contributed by atoms with E-state index in [1.165, 1.54) is 6.07 Å². The van der Waals surface area contributed by atoms with Crippen molar-refractivity contribution in [3.8, 4) is 0 Å². The molecular weight excluding hydrogens is 208 g/mol. The normalized spacial score (nSPS) is 23.5. The van der Waals surface area contributed by atoms with Gasteiger partial charge in [0, 0.05) is 6.42 Å². The number of alkyl halides is 2. The molecule has 1 aromatic heterocycles. The third-order valence-electron chi connectivity index (χ3n) is 2.57. The molecule has 0 amide bonds. The van der Waals surface area contributed by atoms with Gasteiger partial charge in [0.2, 0.25) is 0 Å². The number of halogens is 2. The summed E-state index contributed by atoms with van der Waals surface area (Å²) in [5.41, 5.74) is 0.200. The standard InChI is InChI=1S/C9H9F2NO3/c10-9(11)2-1-4-3-5(8(14)15)12-6(4)7(9)13/h3,7,12-13H,1-2H2,(H,14,15). The van der Waals surface area contributed by atoms with Crippen LogP contribution in [0.1, 0.15) is 34.3 Å². The second kappa shape index (κ2) is 3.03. The molecule has 1 atom stereocenters. The van der Waals surface area contributed by atoms with Gasteiger partial charge in [-0.2, -0.15) is 0 Å². The number of H-pyrrole nitrogens is 1. The molecule has 1 aliphatic rings. The van der Waals surface area contributed by atoms with Crippen LogP contribution in [0.2, 0.25) is 0 Å². The highest BCUT2D eigenvalue weighted by Crippen LogP contribution is 2.41. The van der Waals surface area contributed by atoms with Gasteiger partial charge in [0.25, 0.3) is 5.92 Å². The van der Waals surface area contributed by atoms with Crippen LogP contribution in [0.15, 0.2) is 6.07 Å². The molecule has 1 aromatic rings. The fraction of sp³-hybridized carbons (Fsp3) is 0.444. The van der Waals surface area contributed by atoms with Gasteiger partial charge in [-0.3, -0.25) is 0 Å². The maximum Gasteiger partial charge on any atom is 0.352 e. The zero-order chi connectivity index (χ0) is 11.2. The van der Waals surface area contributed by atoms with E-state index in [4.69, 9.17) is 5.11 Å². The molecule has 0 saturated carbocycles. The van der Waals surface area contributed by atoms with E-state index in [1.807, 2.05) is 0 Å². The number of fused-ring (bicyclic) bond motifs is 1. The number of carboxylic acid groups (broad SMARTS) is 1. The zero-order valence-electron chi connectivity index (χ0n) is 7.63. The van der Waals surface area contributed by atoms with Crippen LogP contribution in [-0.2, 0) is 6.42 Å². The number of aryl methyl sites for hydroxylation is 1. The van der Waals surface area contributed by atoms with Gasteiger partial charge < -0.3 is 15.2 Å². The molecule has 1 heterocycles. The Morgan fingerprint density at radius 2 is 2.27 bits per heavy atom. The average molecular weight is 217 g/mol. The molecule has 0 aliphatic heterocycles. The van der Waals surface area contributed by atoms with Crippen molar-refractivity contribution in [2.24, 2.45) is 0 Å². The van der Waals surface area contributed by atoms with Gasteiger partial charge in [-0.05, 0) is 18.1 Å². The molecule has 0 spiro atoms. The number of hydrogen-bond acceptors (Lipinski definition) is 2. The first-order valence-electron chi connectivity index (χ1n) is 4.43. The van der Waals surface area contributed by atoms with Crippen LogP contribution in [0.5, 0.6) is 0 Å². The van der Waals surface area contributed by atoms with Crippen LogP contribution in [0.3, 0.4) is 0 Å². The number of aromatic carboxylic acids is 1. The van der Waals surface area contributed by atoms with E-state index in [-0.39, 0.29) is 17.8 Å². The van der Waals surface area contributed by atoms with Crippen molar-refractivity contribution in [3.05, 3.63) is 23.0 Å². The number of aliphatic hydroxyl groups excluding tert-OH is 1. The number of hydrogen-bond donors (Lipinski definition) is 3. The van der Waals surface area contributed by atoms with E-state index in [1.54, 1.807) is 0 Å². The highest BCUT2D eigenvalue weighted by molar-refractivity contribution is 5.86. The van der Waals surface area contributed by atoms with Gasteiger partial charge in [0.15, 0.2) is 6.10 Å². The number of rotatable bonds is 1. The van der Waals surface area contributed by atoms with Crippen molar-refractivity contribution in [1.29, 1.82) is 0 Å². The Balaban J connectivity index is 2.44. The van der Waals surface area contributed by atoms with Crippen molar-refractivity contribution in [2.45, 2.75) is 24.9 Å². The Labute approximate surface area is 83.5 Å². The van der Waals surface area contributed by atoms with Crippen LogP contribution in [0.25, 0.3) is 0 Å². The zero-order valence-corrected chi connectivity index (χ0v) is 7.63. The quantitative estimate of drug-likeness (QED) is 0.664. The van der Waals surface area contributed by atoms with Crippen LogP contribution < -0.4 is 0 Å². The summed E-state index contributed by atoms with van der Waals surface area (Å²) >= 11 is 0. The van der Waals surface area contributed by atoms with E-state index >= 15 is 0 Å². The highest BCUT2D eigenvalue weighted by atomic mass is 19.3. The van der Waals surface area contributed by atoms with Gasteiger partial charge >= 0.3 is 5.97 Å². The maximum absolute atomic E-state index is 13.1. The first kappa shape index (κ1) is 10.1. The lowest BCUT2D eigenvalue weighted by molar-refractivity contribution is -0.123. The first-order valence-corrected chi connectivity index (χ1v) is 4.43. The molecule has 0 aromatic carbocycles. The molecule has 1 unspecified atom stereocenters. The SMILES string of the molecule is O=C(O)c1cc2c([nH]1)C(O)C(F)(F)CC2. The van der Waals surface area contributed by atoms with Crippen molar-refractivity contribution in [1.82, 2.24) is 4.98 Å². The monoisotopic (exact) mass is 217 g/mol. The second-order valence-corrected chi connectivity index (χ2v) is 3.59. The predicted molar refractivity (Wildman–Crippen MR) is 46.0 cm³/mol. The van der Waals surface area contributed by atoms with Crippen LogP contribution in [0, 0.1) is 0 Å². The Morgan fingerprint density at radius 1 is 1.60 bits per heavy atom. The van der Waals surface area contributed by atoms with Crippen LogP contribution in [0.4, 0.5) is 8.78 Å². The van der Waals surface area contributed by atoms with Crippen LogP contribution >= 0.6 is 0 Å². The summed E-state index contributed by atoms with van der Waals surface area (Å²) in [6, 6.07) is 1.29. The fourth-order valence-corrected chi connectivity index (χ4v) is 1.73. The van der Waals surface area contributed by atoms with Gasteiger partial charge in [-0.1, -0.05) is 0 Å². The molecule has 4 nitrogen and oxygen atoms in total. The summed E-state index contributed by atoms with van der Waals surface area (Å²) in [5, 5.41) is 18.0. The number of aromatic amines is 1. The van der Waals surface area contributed by atoms with Gasteiger partial charge in [0.1, 0.15) is 5.69 Å². The molecule has 82 valence electrons. The Bertz CT molecular complexity index is 413. The number of aromatic nitrogens is 1. The molecule has 0 saturated heterocycles. The Hall–Kier alpha value is -1.43. The largest absolute Gasteiger partial charge is 0.477 e. The Morgan fingerprint density at radius 3 is 2.87 bits per heavy atom. The van der Waals surface area contributed by atoms with Gasteiger partial charge in [-0.25, -0.2) is 13.6 Å². The van der Waals surface area contributed by atoms with E-state index in [9.17, 15) is 18.7 Å². The molecule has 1 aliphatic carbocycles. The topological polar surface area (TPSA) is 73.3 Å². The molecule has 3 N–H and O–H groups in total. The second-order valence-electron chi connectivity index (χ2n) is 3.59. The molecule has 0 fully saturated rings. The van der Waals surface area contributed by atoms with E-state index in [0.717, 1.165) is 0 Å². The lowest BCUT2D eigenvalue weighted by atomic mass is 9.92. The summed E-state index contributed by atoms with van der Waals surface area (Å²) in [4.78, 5) is 12.9. The van der Waals surface area contributed by atoms with Gasteiger partial charge in [0.05, 0.1) is 5.69 Å². The van der Waals surface area contributed by atoms with Crippen molar-refractivity contribution < 1.29 is 23.8 Å². The molecule has 15 heavy (non-hydrogen) atoms. The molecule has 0 radical (unpaired) electrons. The number of carbonyl (C=O) groups is 1. The minimum absolute atomic E-state index is 0.0726. The maximum atomic E-state index is 13.1. The summed E-state index contributed by atoms with van der Waals surface area (Å²) in [6.07, 6.45) is -2.32. The van der Waals surface area contributed by atoms with Crippen molar-refractivity contribution >= 4 is 5.97 Å². The summed E-state index contributed by atoms with van der Waals surface area (Å²) in [5.74, 6) is -4.41. The number of nitrogens with one attached hydrogen (secondary N) is 1. The van der Waals surface area contributed by atoms with E-state index < -0.39 is 24.4 Å². The third-order valence-corrected chi connectivity index (χ3v) is 2.57.